The molecule has 0 spiro atoms. The quantitative estimate of drug-likeness (QED) is 0.665. The molecule has 8 heteroatoms. The largest absolute Gasteiger partial charge is 0.384 e. The third kappa shape index (κ3) is 4.14. The van der Waals surface area contributed by atoms with E-state index in [1.54, 1.807) is 31.3 Å². The van der Waals surface area contributed by atoms with Crippen molar-refractivity contribution in [2.75, 3.05) is 6.61 Å². The number of aromatic nitrogens is 3. The number of amides is 1. The van der Waals surface area contributed by atoms with Gasteiger partial charge in [0.05, 0.1) is 17.1 Å². The molecule has 136 valence electrons. The average molecular weight is 383 g/mol. The number of hydrogen-bond acceptors (Lipinski definition) is 5. The Morgan fingerprint density at radius 1 is 1.33 bits per heavy atom. The number of carbonyl (C=O) groups excluding carboxylic acids is 1. The van der Waals surface area contributed by atoms with E-state index in [1.165, 1.54) is 16.9 Å². The highest BCUT2D eigenvalue weighted by molar-refractivity contribution is 6.30. The number of nitrogens with zero attached hydrogens (tertiary/aromatic N) is 3. The Morgan fingerprint density at radius 3 is 2.78 bits per heavy atom. The smallest absolute Gasteiger partial charge is 0.276 e. The van der Waals surface area contributed by atoms with Crippen LogP contribution in [0.25, 0.3) is 10.9 Å². The minimum Gasteiger partial charge on any atom is -0.384 e. The van der Waals surface area contributed by atoms with Crippen LogP contribution in [0.15, 0.2) is 41.3 Å². The molecule has 3 aromatic rings. The van der Waals surface area contributed by atoms with Crippen molar-refractivity contribution < 1.29 is 9.90 Å². The number of aryl methyl sites for hydroxylation is 1. The molecule has 0 aliphatic carbocycles. The van der Waals surface area contributed by atoms with E-state index in [0.717, 1.165) is 5.56 Å². The Balaban J connectivity index is 1.93. The zero-order chi connectivity index (χ0) is 19.4. The van der Waals surface area contributed by atoms with Crippen LogP contribution in [-0.2, 0) is 13.6 Å². The van der Waals surface area contributed by atoms with Crippen LogP contribution >= 0.6 is 11.6 Å². The van der Waals surface area contributed by atoms with Crippen molar-refractivity contribution in [3.05, 3.63) is 68.7 Å². The minimum absolute atomic E-state index is 0.216. The van der Waals surface area contributed by atoms with Crippen molar-refractivity contribution in [1.29, 1.82) is 0 Å². The molecule has 0 saturated carbocycles. The minimum atomic E-state index is -0.577. The molecule has 27 heavy (non-hydrogen) atoms. The lowest BCUT2D eigenvalue weighted by atomic mass is 10.2. The summed E-state index contributed by atoms with van der Waals surface area (Å²) in [5, 5.41) is 16.4. The summed E-state index contributed by atoms with van der Waals surface area (Å²) in [5.74, 6) is 4.54. The van der Waals surface area contributed by atoms with Crippen molar-refractivity contribution in [1.82, 2.24) is 20.1 Å². The lowest BCUT2D eigenvalue weighted by Crippen LogP contribution is -2.31. The Labute approximate surface area is 159 Å². The molecule has 2 N–H and O–H groups in total. The maximum atomic E-state index is 12.7. The molecule has 0 atom stereocenters. The van der Waals surface area contributed by atoms with E-state index >= 15 is 0 Å². The molecule has 0 saturated heterocycles. The van der Waals surface area contributed by atoms with Crippen LogP contribution < -0.4 is 10.7 Å². The predicted molar refractivity (Wildman–Crippen MR) is 101 cm³/mol. The summed E-state index contributed by atoms with van der Waals surface area (Å²) in [6, 6.07) is 8.49. The Kier molecular flexibility index (Phi) is 5.50. The summed E-state index contributed by atoms with van der Waals surface area (Å²) in [7, 11) is 1.62. The Bertz CT molecular complexity index is 1130. The lowest BCUT2D eigenvalue weighted by Gasteiger charge is -2.09. The standard InChI is InChI=1S/C19H15ClN4O3/c1-24-16-11-21-14(3-2-8-25)9-15(16)18(26)17(23-24)19(27)22-10-12-4-6-13(20)7-5-12/h4-7,9,11,25H,8,10H2,1H3,(H,22,27). The van der Waals surface area contributed by atoms with Gasteiger partial charge in [0, 0.05) is 18.6 Å². The van der Waals surface area contributed by atoms with Gasteiger partial charge in [0.1, 0.15) is 12.3 Å². The maximum absolute atomic E-state index is 12.7. The van der Waals surface area contributed by atoms with Crippen LogP contribution in [0.3, 0.4) is 0 Å². The molecule has 2 aromatic heterocycles. The molecule has 0 aliphatic heterocycles. The van der Waals surface area contributed by atoms with E-state index in [1.807, 2.05) is 0 Å². The SMILES string of the molecule is Cn1nc(C(=O)NCc2ccc(Cl)cc2)c(=O)c2cc(C#CCO)ncc21. The molecular formula is C19H15ClN4O3. The number of fused-ring (bicyclic) bond motifs is 1. The van der Waals surface area contributed by atoms with Gasteiger partial charge in [0.2, 0.25) is 5.43 Å². The summed E-state index contributed by atoms with van der Waals surface area (Å²) in [6.07, 6.45) is 1.46. The maximum Gasteiger partial charge on any atom is 0.276 e. The third-order valence-corrected chi connectivity index (χ3v) is 4.07. The van der Waals surface area contributed by atoms with Gasteiger partial charge in [-0.15, -0.1) is 0 Å². The number of halogens is 1. The fourth-order valence-electron chi connectivity index (χ4n) is 2.48. The highest BCUT2D eigenvalue weighted by atomic mass is 35.5. The van der Waals surface area contributed by atoms with Gasteiger partial charge in [-0.2, -0.15) is 5.10 Å². The summed E-state index contributed by atoms with van der Waals surface area (Å²) in [6.45, 7) is -0.0745. The van der Waals surface area contributed by atoms with E-state index in [0.29, 0.717) is 16.2 Å². The number of pyridine rings is 1. The number of hydrogen-bond donors (Lipinski definition) is 2. The second-order valence-electron chi connectivity index (χ2n) is 5.66. The summed E-state index contributed by atoms with van der Waals surface area (Å²) < 4.78 is 1.42. The first-order chi connectivity index (χ1) is 13.0. The van der Waals surface area contributed by atoms with Gasteiger partial charge in [-0.3, -0.25) is 14.3 Å². The van der Waals surface area contributed by atoms with E-state index in [-0.39, 0.29) is 24.2 Å². The van der Waals surface area contributed by atoms with Gasteiger partial charge in [-0.1, -0.05) is 29.7 Å². The summed E-state index contributed by atoms with van der Waals surface area (Å²) in [5.41, 5.74) is 0.921. The third-order valence-electron chi connectivity index (χ3n) is 3.82. The van der Waals surface area contributed by atoms with Gasteiger partial charge in [0.25, 0.3) is 5.91 Å². The van der Waals surface area contributed by atoms with Crippen LogP contribution in [0.5, 0.6) is 0 Å². The number of benzene rings is 1. The van der Waals surface area contributed by atoms with Crippen molar-refractivity contribution in [3.8, 4) is 11.8 Å². The molecule has 0 fully saturated rings. The van der Waals surface area contributed by atoms with Crippen molar-refractivity contribution >= 4 is 28.4 Å². The van der Waals surface area contributed by atoms with Crippen LogP contribution in [0, 0.1) is 11.8 Å². The van der Waals surface area contributed by atoms with Gasteiger partial charge in [-0.25, -0.2) is 4.98 Å². The molecule has 1 amide bonds. The first-order valence-corrected chi connectivity index (χ1v) is 8.37. The van der Waals surface area contributed by atoms with Gasteiger partial charge >= 0.3 is 0 Å². The fraction of sp³-hybridized carbons (Fsp3) is 0.158. The van der Waals surface area contributed by atoms with E-state index in [9.17, 15) is 9.59 Å². The zero-order valence-electron chi connectivity index (χ0n) is 14.4. The molecule has 0 radical (unpaired) electrons. The fourth-order valence-corrected chi connectivity index (χ4v) is 2.61. The van der Waals surface area contributed by atoms with Crippen molar-refractivity contribution in [2.45, 2.75) is 6.54 Å². The van der Waals surface area contributed by atoms with Crippen LogP contribution in [-0.4, -0.2) is 32.4 Å². The molecule has 0 aliphatic rings. The number of carbonyl (C=O) groups is 1. The molecule has 3 rings (SSSR count). The van der Waals surface area contributed by atoms with Crippen molar-refractivity contribution in [3.63, 3.8) is 0 Å². The molecule has 0 unspecified atom stereocenters. The number of rotatable bonds is 3. The monoisotopic (exact) mass is 382 g/mol. The van der Waals surface area contributed by atoms with E-state index in [2.05, 4.69) is 27.2 Å². The average Bonchev–Trinajstić information content (AvgIpc) is 2.68. The summed E-state index contributed by atoms with van der Waals surface area (Å²) in [4.78, 5) is 29.3. The van der Waals surface area contributed by atoms with Gasteiger partial charge in [-0.05, 0) is 29.7 Å². The molecular weight excluding hydrogens is 368 g/mol. The lowest BCUT2D eigenvalue weighted by molar-refractivity contribution is 0.0943. The molecule has 2 heterocycles. The highest BCUT2D eigenvalue weighted by Gasteiger charge is 2.17. The number of aliphatic hydroxyl groups is 1. The normalized spacial score (nSPS) is 10.3. The molecule has 0 bridgehead atoms. The zero-order valence-corrected chi connectivity index (χ0v) is 15.1. The van der Waals surface area contributed by atoms with E-state index in [4.69, 9.17) is 16.7 Å². The van der Waals surface area contributed by atoms with Crippen molar-refractivity contribution in [2.24, 2.45) is 7.05 Å². The van der Waals surface area contributed by atoms with Gasteiger partial charge < -0.3 is 10.4 Å². The Hall–Kier alpha value is -3.21. The van der Waals surface area contributed by atoms with Gasteiger partial charge in [0.15, 0.2) is 5.69 Å². The Morgan fingerprint density at radius 2 is 2.07 bits per heavy atom. The summed E-state index contributed by atoms with van der Waals surface area (Å²) >= 11 is 5.84. The highest BCUT2D eigenvalue weighted by Crippen LogP contribution is 2.11. The number of aliphatic hydroxyl groups excluding tert-OH is 1. The molecule has 1 aromatic carbocycles. The van der Waals surface area contributed by atoms with Crippen LogP contribution in [0.1, 0.15) is 21.7 Å². The first kappa shape index (κ1) is 18.6. The van der Waals surface area contributed by atoms with Crippen LogP contribution in [0.4, 0.5) is 0 Å². The molecule has 7 nitrogen and oxygen atoms in total. The first-order valence-electron chi connectivity index (χ1n) is 7.99. The predicted octanol–water partition coefficient (Wildman–Crippen LogP) is 1.26. The second-order valence-corrected chi connectivity index (χ2v) is 6.09. The van der Waals surface area contributed by atoms with E-state index < -0.39 is 11.3 Å². The van der Waals surface area contributed by atoms with Crippen LogP contribution in [0.2, 0.25) is 5.02 Å². The number of nitrogens with one attached hydrogen (secondary N) is 1. The second kappa shape index (κ2) is 7.99. The topological polar surface area (TPSA) is 97.1 Å².